The largest absolute Gasteiger partial charge is 0.392 e. The number of benzene rings is 1. The lowest BCUT2D eigenvalue weighted by Gasteiger charge is -2.29. The van der Waals surface area contributed by atoms with Crippen LogP contribution in [0.1, 0.15) is 18.4 Å². The van der Waals surface area contributed by atoms with E-state index in [1.807, 2.05) is 7.05 Å². The summed E-state index contributed by atoms with van der Waals surface area (Å²) >= 11 is 12.0. The molecule has 1 aliphatic heterocycles. The Bertz CT molecular complexity index is 614. The molecule has 1 heterocycles. The number of aliphatic hydroxyl groups excluding tert-OH is 1. The van der Waals surface area contributed by atoms with Gasteiger partial charge in [0.25, 0.3) is 0 Å². The zero-order chi connectivity index (χ0) is 15.6. The molecule has 0 atom stereocenters. The van der Waals surface area contributed by atoms with E-state index in [1.54, 1.807) is 0 Å². The number of hydrogen-bond donors (Lipinski definition) is 2. The van der Waals surface area contributed by atoms with Crippen molar-refractivity contribution in [1.82, 2.24) is 9.62 Å². The Morgan fingerprint density at radius 2 is 1.95 bits per heavy atom. The van der Waals surface area contributed by atoms with E-state index < -0.39 is 16.6 Å². The van der Waals surface area contributed by atoms with Crippen LogP contribution in [0.4, 0.5) is 0 Å². The maximum absolute atomic E-state index is 12.4. The summed E-state index contributed by atoms with van der Waals surface area (Å²) in [4.78, 5) is 2.11. The molecule has 1 aromatic rings. The first kappa shape index (κ1) is 17.0. The third-order valence-electron chi connectivity index (χ3n) is 3.64. The maximum atomic E-state index is 12.4. The molecule has 5 nitrogen and oxygen atoms in total. The molecule has 1 aliphatic rings. The second kappa shape index (κ2) is 6.81. The summed E-state index contributed by atoms with van der Waals surface area (Å²) < 4.78 is 27.6. The molecule has 1 saturated heterocycles. The third kappa shape index (κ3) is 3.88. The number of aliphatic hydroxyl groups is 1. The fraction of sp³-hybridized carbons (Fsp3) is 0.538. The van der Waals surface area contributed by atoms with Crippen molar-refractivity contribution in [2.24, 2.45) is 0 Å². The van der Waals surface area contributed by atoms with E-state index in [0.717, 1.165) is 25.9 Å². The zero-order valence-corrected chi connectivity index (χ0v) is 14.0. The Labute approximate surface area is 134 Å². The molecule has 0 unspecified atom stereocenters. The summed E-state index contributed by atoms with van der Waals surface area (Å²) in [5, 5.41) is 9.48. The van der Waals surface area contributed by atoms with Crippen molar-refractivity contribution in [3.05, 3.63) is 27.7 Å². The van der Waals surface area contributed by atoms with Gasteiger partial charge in [0.05, 0.1) is 11.6 Å². The van der Waals surface area contributed by atoms with Crippen LogP contribution >= 0.6 is 23.2 Å². The predicted octanol–water partition coefficient (Wildman–Crippen LogP) is 1.86. The maximum Gasteiger partial charge on any atom is 0.242 e. The van der Waals surface area contributed by atoms with E-state index in [4.69, 9.17) is 23.2 Å². The number of hydrogen-bond acceptors (Lipinski definition) is 4. The Kier molecular flexibility index (Phi) is 5.51. The van der Waals surface area contributed by atoms with Crippen molar-refractivity contribution in [2.45, 2.75) is 30.4 Å². The van der Waals surface area contributed by atoms with Crippen LogP contribution in [-0.4, -0.2) is 44.6 Å². The topological polar surface area (TPSA) is 69.6 Å². The normalized spacial score (nSPS) is 18.1. The van der Waals surface area contributed by atoms with Gasteiger partial charge in [-0.05, 0) is 45.1 Å². The standard InChI is InChI=1S/C13H18Cl2N2O3S/c1-17-6-4-9(5-7-17)16-21(19,20)12-3-2-11(14)10(8-18)13(12)15/h2-3,9,16,18H,4-8H2,1H3. The molecule has 0 aromatic heterocycles. The van der Waals surface area contributed by atoms with Crippen LogP contribution in [0.3, 0.4) is 0 Å². The average molecular weight is 353 g/mol. The molecule has 2 N–H and O–H groups in total. The van der Waals surface area contributed by atoms with Crippen molar-refractivity contribution in [3.63, 3.8) is 0 Å². The van der Waals surface area contributed by atoms with Crippen LogP contribution in [0.2, 0.25) is 10.0 Å². The van der Waals surface area contributed by atoms with Crippen LogP contribution in [0.15, 0.2) is 17.0 Å². The number of halogens is 2. The third-order valence-corrected chi connectivity index (χ3v) is 6.10. The lowest BCUT2D eigenvalue weighted by atomic mass is 10.1. The second-order valence-corrected chi connectivity index (χ2v) is 7.66. The minimum absolute atomic E-state index is 0.0228. The smallest absolute Gasteiger partial charge is 0.242 e. The quantitative estimate of drug-likeness (QED) is 0.867. The Morgan fingerprint density at radius 1 is 1.33 bits per heavy atom. The van der Waals surface area contributed by atoms with Gasteiger partial charge in [0.2, 0.25) is 10.0 Å². The molecule has 21 heavy (non-hydrogen) atoms. The van der Waals surface area contributed by atoms with Crippen LogP contribution in [-0.2, 0) is 16.6 Å². The number of sulfonamides is 1. The molecule has 0 radical (unpaired) electrons. The van der Waals surface area contributed by atoms with Crippen molar-refractivity contribution >= 4 is 33.2 Å². The highest BCUT2D eigenvalue weighted by molar-refractivity contribution is 7.89. The average Bonchev–Trinajstić information content (AvgIpc) is 2.41. The van der Waals surface area contributed by atoms with Crippen molar-refractivity contribution in [3.8, 4) is 0 Å². The van der Waals surface area contributed by atoms with Gasteiger partial charge in [0.1, 0.15) is 4.90 Å². The van der Waals surface area contributed by atoms with Crippen molar-refractivity contribution < 1.29 is 13.5 Å². The highest BCUT2D eigenvalue weighted by atomic mass is 35.5. The van der Waals surface area contributed by atoms with E-state index in [0.29, 0.717) is 0 Å². The molecule has 0 amide bonds. The number of likely N-dealkylation sites (tertiary alicyclic amines) is 1. The summed E-state index contributed by atoms with van der Waals surface area (Å²) in [6.45, 7) is 1.29. The summed E-state index contributed by atoms with van der Waals surface area (Å²) in [5.41, 5.74) is 0.226. The first-order valence-electron chi connectivity index (χ1n) is 6.63. The fourth-order valence-corrected chi connectivity index (χ4v) is 4.54. The fourth-order valence-electron chi connectivity index (χ4n) is 2.34. The molecule has 0 bridgehead atoms. The monoisotopic (exact) mass is 352 g/mol. The van der Waals surface area contributed by atoms with Gasteiger partial charge in [0.15, 0.2) is 0 Å². The van der Waals surface area contributed by atoms with Gasteiger partial charge in [-0.25, -0.2) is 13.1 Å². The van der Waals surface area contributed by atoms with E-state index in [2.05, 4.69) is 9.62 Å². The van der Waals surface area contributed by atoms with Gasteiger partial charge in [-0.3, -0.25) is 0 Å². The van der Waals surface area contributed by atoms with Crippen LogP contribution in [0.5, 0.6) is 0 Å². The predicted molar refractivity (Wildman–Crippen MR) is 83.2 cm³/mol. The molecule has 118 valence electrons. The Morgan fingerprint density at radius 3 is 2.52 bits per heavy atom. The minimum atomic E-state index is -3.73. The number of piperidine rings is 1. The van der Waals surface area contributed by atoms with Crippen LogP contribution in [0.25, 0.3) is 0 Å². The number of nitrogens with one attached hydrogen (secondary N) is 1. The first-order valence-corrected chi connectivity index (χ1v) is 8.87. The molecule has 1 aromatic carbocycles. The molecule has 0 saturated carbocycles. The highest BCUT2D eigenvalue weighted by Crippen LogP contribution is 2.31. The molecular weight excluding hydrogens is 335 g/mol. The van der Waals surface area contributed by atoms with Gasteiger partial charge < -0.3 is 10.0 Å². The second-order valence-electron chi connectivity index (χ2n) is 5.20. The highest BCUT2D eigenvalue weighted by Gasteiger charge is 2.26. The van der Waals surface area contributed by atoms with Crippen LogP contribution in [0, 0.1) is 0 Å². The molecule has 0 spiro atoms. The van der Waals surface area contributed by atoms with E-state index in [-0.39, 0.29) is 26.5 Å². The van der Waals surface area contributed by atoms with Crippen LogP contribution < -0.4 is 4.72 Å². The number of nitrogens with zero attached hydrogens (tertiary/aromatic N) is 1. The van der Waals surface area contributed by atoms with Gasteiger partial charge in [-0.15, -0.1) is 0 Å². The Hall–Kier alpha value is -0.370. The first-order chi connectivity index (χ1) is 9.85. The zero-order valence-electron chi connectivity index (χ0n) is 11.6. The lowest BCUT2D eigenvalue weighted by Crippen LogP contribution is -2.43. The van der Waals surface area contributed by atoms with Crippen molar-refractivity contribution in [1.29, 1.82) is 0 Å². The Balaban J connectivity index is 2.24. The molecular formula is C13H18Cl2N2O3S. The van der Waals surface area contributed by atoms with Crippen molar-refractivity contribution in [2.75, 3.05) is 20.1 Å². The molecule has 1 fully saturated rings. The van der Waals surface area contributed by atoms with E-state index >= 15 is 0 Å². The summed E-state index contributed by atoms with van der Waals surface area (Å²) in [7, 11) is -1.72. The molecule has 2 rings (SSSR count). The van der Waals surface area contributed by atoms with Gasteiger partial charge in [-0.1, -0.05) is 23.2 Å². The lowest BCUT2D eigenvalue weighted by molar-refractivity contribution is 0.248. The number of rotatable bonds is 4. The van der Waals surface area contributed by atoms with E-state index in [9.17, 15) is 13.5 Å². The SMILES string of the molecule is CN1CCC(NS(=O)(=O)c2ccc(Cl)c(CO)c2Cl)CC1. The van der Waals surface area contributed by atoms with Gasteiger partial charge in [0, 0.05) is 16.6 Å². The van der Waals surface area contributed by atoms with Gasteiger partial charge in [-0.2, -0.15) is 0 Å². The van der Waals surface area contributed by atoms with Gasteiger partial charge >= 0.3 is 0 Å². The summed E-state index contributed by atoms with van der Waals surface area (Å²) in [5.74, 6) is 0. The minimum Gasteiger partial charge on any atom is -0.392 e. The molecule has 8 heteroatoms. The summed E-state index contributed by atoms with van der Waals surface area (Å²) in [6, 6.07) is 2.69. The van der Waals surface area contributed by atoms with E-state index in [1.165, 1.54) is 12.1 Å². The summed E-state index contributed by atoms with van der Waals surface area (Å²) in [6.07, 6.45) is 1.52. The molecule has 0 aliphatic carbocycles.